The summed E-state index contributed by atoms with van der Waals surface area (Å²) in [5, 5.41) is 0. The average molecular weight is 313 g/mol. The highest BCUT2D eigenvalue weighted by atomic mass is 16.5. The molecule has 2 saturated heterocycles. The molecule has 2 aliphatic rings. The summed E-state index contributed by atoms with van der Waals surface area (Å²) >= 11 is 0. The summed E-state index contributed by atoms with van der Waals surface area (Å²) in [5.41, 5.74) is 0. The lowest BCUT2D eigenvalue weighted by molar-refractivity contribution is -0.144. The van der Waals surface area contributed by atoms with E-state index in [-0.39, 0.29) is 11.9 Å². The zero-order valence-corrected chi connectivity index (χ0v) is 13.5. The van der Waals surface area contributed by atoms with Crippen LogP contribution in [0.3, 0.4) is 0 Å². The van der Waals surface area contributed by atoms with Crippen molar-refractivity contribution in [3.05, 3.63) is 0 Å². The van der Waals surface area contributed by atoms with Gasteiger partial charge in [-0.25, -0.2) is 0 Å². The van der Waals surface area contributed by atoms with Gasteiger partial charge in [-0.05, 0) is 6.92 Å². The Balaban J connectivity index is 1.63. The molecule has 1 amide bonds. The molecule has 0 radical (unpaired) electrons. The van der Waals surface area contributed by atoms with Gasteiger partial charge in [-0.15, -0.1) is 0 Å². The molecule has 7 heteroatoms. The zero-order chi connectivity index (χ0) is 15.8. The number of hydrogen-bond acceptors (Lipinski definition) is 6. The number of carbonyl (C=O) groups is 2. The van der Waals surface area contributed by atoms with Crippen LogP contribution in [-0.4, -0.2) is 98.8 Å². The van der Waals surface area contributed by atoms with Gasteiger partial charge in [0.2, 0.25) is 5.91 Å². The molecule has 2 aliphatic heterocycles. The van der Waals surface area contributed by atoms with Crippen LogP contribution in [0.2, 0.25) is 0 Å². The van der Waals surface area contributed by atoms with Crippen LogP contribution in [0.5, 0.6) is 0 Å². The maximum absolute atomic E-state index is 12.3. The molecule has 0 N–H and O–H groups in total. The van der Waals surface area contributed by atoms with Gasteiger partial charge in [0.1, 0.15) is 0 Å². The number of esters is 1. The van der Waals surface area contributed by atoms with Gasteiger partial charge in [0.15, 0.2) is 0 Å². The van der Waals surface area contributed by atoms with E-state index in [2.05, 4.69) is 9.80 Å². The van der Waals surface area contributed by atoms with E-state index in [1.54, 1.807) is 0 Å². The largest absolute Gasteiger partial charge is 0.466 e. The quantitative estimate of drug-likeness (QED) is 0.611. The van der Waals surface area contributed by atoms with Crippen LogP contribution in [-0.2, 0) is 19.1 Å². The van der Waals surface area contributed by atoms with Crippen molar-refractivity contribution in [3.8, 4) is 0 Å². The molecule has 0 aromatic heterocycles. The summed E-state index contributed by atoms with van der Waals surface area (Å²) in [7, 11) is 0. The summed E-state index contributed by atoms with van der Waals surface area (Å²) in [6.45, 7) is 9.71. The van der Waals surface area contributed by atoms with E-state index in [0.717, 1.165) is 52.5 Å². The van der Waals surface area contributed by atoms with Crippen LogP contribution < -0.4 is 0 Å². The van der Waals surface area contributed by atoms with E-state index in [1.807, 2.05) is 11.8 Å². The molecule has 126 valence electrons. The van der Waals surface area contributed by atoms with Gasteiger partial charge in [0.05, 0.1) is 32.8 Å². The number of nitrogens with zero attached hydrogens (tertiary/aromatic N) is 3. The Morgan fingerprint density at radius 1 is 1.00 bits per heavy atom. The lowest BCUT2D eigenvalue weighted by atomic mass is 10.2. The molecule has 2 fully saturated rings. The molecule has 0 spiro atoms. The lowest BCUT2D eigenvalue weighted by Gasteiger charge is -2.36. The van der Waals surface area contributed by atoms with Crippen molar-refractivity contribution in [2.24, 2.45) is 0 Å². The Kier molecular flexibility index (Phi) is 7.08. The van der Waals surface area contributed by atoms with Crippen molar-refractivity contribution in [3.63, 3.8) is 0 Å². The first-order valence-electron chi connectivity index (χ1n) is 8.15. The molecular formula is C15H27N3O4. The molecule has 0 aliphatic carbocycles. The minimum absolute atomic E-state index is 0.145. The van der Waals surface area contributed by atoms with Crippen molar-refractivity contribution in [1.29, 1.82) is 0 Å². The molecule has 22 heavy (non-hydrogen) atoms. The Morgan fingerprint density at radius 3 is 2.32 bits per heavy atom. The Labute approximate surface area is 132 Å². The Morgan fingerprint density at radius 2 is 1.68 bits per heavy atom. The fraction of sp³-hybridized carbons (Fsp3) is 0.867. The van der Waals surface area contributed by atoms with Crippen LogP contribution >= 0.6 is 0 Å². The second-order valence-corrected chi connectivity index (χ2v) is 5.67. The van der Waals surface area contributed by atoms with Gasteiger partial charge in [0.25, 0.3) is 0 Å². The third-order valence-electron chi connectivity index (χ3n) is 4.13. The normalized spacial score (nSPS) is 20.9. The predicted molar refractivity (Wildman–Crippen MR) is 81.5 cm³/mol. The SMILES string of the molecule is CCOC(=O)CCN1CCN(C(=O)CN2CCOCC2)CC1. The molecular weight excluding hydrogens is 286 g/mol. The first-order chi connectivity index (χ1) is 10.7. The molecule has 0 saturated carbocycles. The number of rotatable bonds is 6. The smallest absolute Gasteiger partial charge is 0.307 e. The number of piperazine rings is 1. The van der Waals surface area contributed by atoms with Gasteiger partial charge >= 0.3 is 5.97 Å². The van der Waals surface area contributed by atoms with Crippen LogP contribution in [0, 0.1) is 0 Å². The van der Waals surface area contributed by atoms with E-state index in [4.69, 9.17) is 9.47 Å². The first kappa shape index (κ1) is 17.2. The van der Waals surface area contributed by atoms with E-state index >= 15 is 0 Å². The van der Waals surface area contributed by atoms with Crippen molar-refractivity contribution in [1.82, 2.24) is 14.7 Å². The monoisotopic (exact) mass is 313 g/mol. The molecule has 2 heterocycles. The van der Waals surface area contributed by atoms with Gasteiger partial charge in [0, 0.05) is 45.8 Å². The van der Waals surface area contributed by atoms with E-state index in [9.17, 15) is 9.59 Å². The molecule has 0 aromatic carbocycles. The number of hydrogen-bond donors (Lipinski definition) is 0. The van der Waals surface area contributed by atoms with Gasteiger partial charge in [-0.2, -0.15) is 0 Å². The molecule has 0 aromatic rings. The topological polar surface area (TPSA) is 62.3 Å². The summed E-state index contributed by atoms with van der Waals surface area (Å²) in [6.07, 6.45) is 0.426. The molecule has 0 atom stereocenters. The second-order valence-electron chi connectivity index (χ2n) is 5.67. The number of carbonyl (C=O) groups excluding carboxylic acids is 2. The first-order valence-corrected chi connectivity index (χ1v) is 8.15. The van der Waals surface area contributed by atoms with Crippen LogP contribution in [0.15, 0.2) is 0 Å². The highest BCUT2D eigenvalue weighted by Gasteiger charge is 2.23. The van der Waals surface area contributed by atoms with E-state index in [1.165, 1.54) is 0 Å². The highest BCUT2D eigenvalue weighted by molar-refractivity contribution is 5.78. The summed E-state index contributed by atoms with van der Waals surface area (Å²) in [4.78, 5) is 29.9. The third kappa shape index (κ3) is 5.55. The van der Waals surface area contributed by atoms with Gasteiger partial charge < -0.3 is 14.4 Å². The maximum Gasteiger partial charge on any atom is 0.307 e. The Bertz CT molecular complexity index is 364. The highest BCUT2D eigenvalue weighted by Crippen LogP contribution is 2.05. The van der Waals surface area contributed by atoms with Gasteiger partial charge in [-0.3, -0.25) is 19.4 Å². The fourth-order valence-corrected chi connectivity index (χ4v) is 2.75. The van der Waals surface area contributed by atoms with Crippen LogP contribution in [0.4, 0.5) is 0 Å². The van der Waals surface area contributed by atoms with Crippen molar-refractivity contribution >= 4 is 11.9 Å². The Hall–Kier alpha value is -1.18. The third-order valence-corrected chi connectivity index (χ3v) is 4.13. The second kappa shape index (κ2) is 9.07. The summed E-state index contributed by atoms with van der Waals surface area (Å²) in [6, 6.07) is 0. The molecule has 7 nitrogen and oxygen atoms in total. The molecule has 2 rings (SSSR count). The number of amides is 1. The predicted octanol–water partition coefficient (Wildman–Crippen LogP) is -0.584. The van der Waals surface area contributed by atoms with Gasteiger partial charge in [-0.1, -0.05) is 0 Å². The zero-order valence-electron chi connectivity index (χ0n) is 13.5. The van der Waals surface area contributed by atoms with E-state index < -0.39 is 0 Å². The van der Waals surface area contributed by atoms with E-state index in [0.29, 0.717) is 26.1 Å². The van der Waals surface area contributed by atoms with Crippen molar-refractivity contribution in [2.45, 2.75) is 13.3 Å². The minimum atomic E-state index is -0.145. The minimum Gasteiger partial charge on any atom is -0.466 e. The standard InChI is InChI=1S/C15H27N3O4/c1-2-22-15(20)3-4-16-5-7-18(8-6-16)14(19)13-17-9-11-21-12-10-17/h2-13H2,1H3. The van der Waals surface area contributed by atoms with Crippen molar-refractivity contribution in [2.75, 3.05) is 72.2 Å². The molecule has 0 unspecified atom stereocenters. The average Bonchev–Trinajstić information content (AvgIpc) is 2.54. The van der Waals surface area contributed by atoms with Crippen LogP contribution in [0.1, 0.15) is 13.3 Å². The maximum atomic E-state index is 12.3. The molecule has 0 bridgehead atoms. The summed E-state index contributed by atoms with van der Waals surface area (Å²) < 4.78 is 10.2. The fourth-order valence-electron chi connectivity index (χ4n) is 2.75. The number of morpholine rings is 1. The number of ether oxygens (including phenoxy) is 2. The van der Waals surface area contributed by atoms with Crippen molar-refractivity contribution < 1.29 is 19.1 Å². The van der Waals surface area contributed by atoms with Crippen LogP contribution in [0.25, 0.3) is 0 Å². The lowest BCUT2D eigenvalue weighted by Crippen LogP contribution is -2.52. The summed E-state index contributed by atoms with van der Waals surface area (Å²) in [5.74, 6) is 0.0558.